The molecule has 0 spiro atoms. The summed E-state index contributed by atoms with van der Waals surface area (Å²) < 4.78 is 0. The van der Waals surface area contributed by atoms with Gasteiger partial charge in [0.25, 0.3) is 0 Å². The first-order valence-electron chi connectivity index (χ1n) is 11.2. The van der Waals surface area contributed by atoms with Gasteiger partial charge in [-0.1, -0.05) is 98.1 Å². The number of aryl methyl sites for hydroxylation is 1. The highest BCUT2D eigenvalue weighted by atomic mass is 15.0. The Morgan fingerprint density at radius 3 is 1.90 bits per heavy atom. The van der Waals surface area contributed by atoms with Gasteiger partial charge in [0.2, 0.25) is 0 Å². The van der Waals surface area contributed by atoms with Gasteiger partial charge in [0.05, 0.1) is 0 Å². The normalized spacial score (nSPS) is 12.0. The van der Waals surface area contributed by atoms with Gasteiger partial charge in [-0.2, -0.15) is 0 Å². The number of hydrogen-bond acceptors (Lipinski definition) is 1. The fourth-order valence-corrected chi connectivity index (χ4v) is 4.02. The number of nitrogens with zero attached hydrogens (tertiary/aromatic N) is 1. The Morgan fingerprint density at radius 2 is 1.37 bits per heavy atom. The van der Waals surface area contributed by atoms with Crippen molar-refractivity contribution in [1.82, 2.24) is 4.90 Å². The lowest BCUT2D eigenvalue weighted by Gasteiger charge is -2.17. The molecular formula is C28H34BN. The third-order valence-corrected chi connectivity index (χ3v) is 5.74. The molecule has 0 N–H and O–H groups in total. The molecule has 0 aliphatic heterocycles. The van der Waals surface area contributed by atoms with Gasteiger partial charge < -0.3 is 4.90 Å². The van der Waals surface area contributed by atoms with E-state index in [1.807, 2.05) is 0 Å². The predicted octanol–water partition coefficient (Wildman–Crippen LogP) is 5.66. The van der Waals surface area contributed by atoms with Crippen LogP contribution in [0.25, 0.3) is 11.1 Å². The molecule has 0 radical (unpaired) electrons. The molecule has 0 atom stereocenters. The van der Waals surface area contributed by atoms with Crippen LogP contribution in [0.3, 0.4) is 0 Å². The second-order valence-electron chi connectivity index (χ2n) is 8.23. The third kappa shape index (κ3) is 5.74. The lowest BCUT2D eigenvalue weighted by atomic mass is 9.73. The van der Waals surface area contributed by atoms with E-state index >= 15 is 0 Å². The van der Waals surface area contributed by atoms with Crippen LogP contribution in [-0.4, -0.2) is 32.8 Å². The minimum Gasteiger partial charge on any atom is -0.309 e. The molecule has 0 saturated heterocycles. The van der Waals surface area contributed by atoms with Crippen molar-refractivity contribution in [1.29, 1.82) is 0 Å². The van der Waals surface area contributed by atoms with Gasteiger partial charge in [-0.05, 0) is 73.3 Å². The van der Waals surface area contributed by atoms with Crippen molar-refractivity contribution in [3.63, 3.8) is 0 Å². The van der Waals surface area contributed by atoms with Crippen molar-refractivity contribution in [2.75, 3.05) is 20.6 Å². The van der Waals surface area contributed by atoms with Gasteiger partial charge in [0, 0.05) is 0 Å². The summed E-state index contributed by atoms with van der Waals surface area (Å²) in [5.74, 6) is 0. The Hall–Kier alpha value is -2.58. The van der Waals surface area contributed by atoms with Crippen LogP contribution in [0.15, 0.2) is 78.9 Å². The van der Waals surface area contributed by atoms with E-state index in [0.717, 1.165) is 26.7 Å². The summed E-state index contributed by atoms with van der Waals surface area (Å²) in [6.45, 7) is 5.60. The summed E-state index contributed by atoms with van der Waals surface area (Å²) in [6, 6.07) is 29.2. The molecule has 30 heavy (non-hydrogen) atoms. The minimum atomic E-state index is 0.999. The first-order chi connectivity index (χ1) is 14.6. The first-order valence-corrected chi connectivity index (χ1v) is 11.2. The maximum atomic E-state index is 2.31. The first kappa shape index (κ1) is 22.1. The molecule has 154 valence electrons. The van der Waals surface area contributed by atoms with E-state index in [1.165, 1.54) is 45.3 Å². The van der Waals surface area contributed by atoms with E-state index in [2.05, 4.69) is 112 Å². The maximum Gasteiger partial charge on any atom is 0.154 e. The zero-order chi connectivity index (χ0) is 21.3. The molecule has 3 rings (SSSR count). The zero-order valence-electron chi connectivity index (χ0n) is 19.0. The van der Waals surface area contributed by atoms with Crippen LogP contribution in [0.1, 0.15) is 42.0 Å². The van der Waals surface area contributed by atoms with E-state index < -0.39 is 0 Å². The number of hydrogen-bond donors (Lipinski definition) is 0. The smallest absolute Gasteiger partial charge is 0.154 e. The van der Waals surface area contributed by atoms with E-state index in [-0.39, 0.29) is 0 Å². The lowest BCUT2D eigenvalue weighted by molar-refractivity contribution is 0.400. The fourth-order valence-electron chi connectivity index (χ4n) is 4.02. The van der Waals surface area contributed by atoms with Crippen LogP contribution in [0.2, 0.25) is 6.82 Å². The maximum absolute atomic E-state index is 2.31. The summed E-state index contributed by atoms with van der Waals surface area (Å²) >= 11 is 0. The number of benzene rings is 3. The monoisotopic (exact) mass is 395 g/mol. The Balaban J connectivity index is 2.02. The van der Waals surface area contributed by atoms with Gasteiger partial charge in [-0.15, -0.1) is 0 Å². The van der Waals surface area contributed by atoms with Crippen LogP contribution in [0.5, 0.6) is 0 Å². The van der Waals surface area contributed by atoms with Crippen LogP contribution >= 0.6 is 0 Å². The molecule has 0 fully saturated rings. The quantitative estimate of drug-likeness (QED) is 0.334. The molecule has 0 bridgehead atoms. The van der Waals surface area contributed by atoms with E-state index in [0.29, 0.717) is 0 Å². The molecular weight excluding hydrogens is 361 g/mol. The second kappa shape index (κ2) is 11.0. The SMILES string of the molecule is CBc1ccc(/C(=C(\CC)c2ccccc2)c2ccc(CCCN(C)C)cc2)cc1. The van der Waals surface area contributed by atoms with Gasteiger partial charge in [0.1, 0.15) is 0 Å². The van der Waals surface area contributed by atoms with Crippen molar-refractivity contribution in [2.24, 2.45) is 0 Å². The Labute approximate surface area is 183 Å². The molecule has 3 aromatic carbocycles. The summed E-state index contributed by atoms with van der Waals surface area (Å²) in [6.07, 6.45) is 3.32. The highest BCUT2D eigenvalue weighted by Gasteiger charge is 2.13. The van der Waals surface area contributed by atoms with Crippen LogP contribution in [-0.2, 0) is 6.42 Å². The minimum absolute atomic E-state index is 0.999. The van der Waals surface area contributed by atoms with Crippen molar-refractivity contribution >= 4 is 23.9 Å². The molecule has 0 saturated carbocycles. The number of allylic oxidation sites excluding steroid dienone is 1. The Morgan fingerprint density at radius 1 is 0.767 bits per heavy atom. The summed E-state index contributed by atoms with van der Waals surface area (Å²) in [5, 5.41) is 0. The topological polar surface area (TPSA) is 3.24 Å². The van der Waals surface area contributed by atoms with E-state index in [4.69, 9.17) is 0 Å². The zero-order valence-corrected chi connectivity index (χ0v) is 19.0. The lowest BCUT2D eigenvalue weighted by Crippen LogP contribution is -2.13. The van der Waals surface area contributed by atoms with E-state index in [9.17, 15) is 0 Å². The second-order valence-corrected chi connectivity index (χ2v) is 8.23. The van der Waals surface area contributed by atoms with Gasteiger partial charge in [0.15, 0.2) is 7.28 Å². The van der Waals surface area contributed by atoms with Crippen molar-refractivity contribution in [3.8, 4) is 0 Å². The summed E-state index contributed by atoms with van der Waals surface area (Å²) in [7, 11) is 5.35. The molecule has 0 aliphatic rings. The summed E-state index contributed by atoms with van der Waals surface area (Å²) in [5.41, 5.74) is 9.46. The van der Waals surface area contributed by atoms with Crippen LogP contribution < -0.4 is 5.46 Å². The Kier molecular flexibility index (Phi) is 8.10. The van der Waals surface area contributed by atoms with Crippen molar-refractivity contribution in [3.05, 3.63) is 101 Å². The van der Waals surface area contributed by atoms with E-state index in [1.54, 1.807) is 0 Å². The average molecular weight is 395 g/mol. The van der Waals surface area contributed by atoms with Crippen molar-refractivity contribution in [2.45, 2.75) is 33.0 Å². The average Bonchev–Trinajstić information content (AvgIpc) is 2.78. The highest BCUT2D eigenvalue weighted by Crippen LogP contribution is 2.34. The molecule has 2 heteroatoms. The highest BCUT2D eigenvalue weighted by molar-refractivity contribution is 6.51. The molecule has 0 amide bonds. The molecule has 0 unspecified atom stereocenters. The molecule has 1 nitrogen and oxygen atoms in total. The van der Waals surface area contributed by atoms with Crippen molar-refractivity contribution < 1.29 is 0 Å². The van der Waals surface area contributed by atoms with Gasteiger partial charge in [-0.25, -0.2) is 0 Å². The molecule has 0 heterocycles. The largest absolute Gasteiger partial charge is 0.309 e. The molecule has 3 aromatic rings. The molecule has 0 aromatic heterocycles. The fraction of sp³-hybridized carbons (Fsp3) is 0.286. The number of rotatable bonds is 9. The molecule has 0 aliphatic carbocycles. The van der Waals surface area contributed by atoms with Crippen LogP contribution in [0, 0.1) is 0 Å². The Bertz CT molecular complexity index is 938. The van der Waals surface area contributed by atoms with Crippen LogP contribution in [0.4, 0.5) is 0 Å². The summed E-state index contributed by atoms with van der Waals surface area (Å²) in [4.78, 5) is 2.25. The predicted molar refractivity (Wildman–Crippen MR) is 135 cm³/mol. The third-order valence-electron chi connectivity index (χ3n) is 5.74. The van der Waals surface area contributed by atoms with Gasteiger partial charge >= 0.3 is 0 Å². The van der Waals surface area contributed by atoms with Gasteiger partial charge in [-0.3, -0.25) is 0 Å². The standard InChI is InChI=1S/C28H34BN/c1-5-27(23-11-7-6-8-12-23)28(25-17-19-26(29-2)20-18-25)24-15-13-22(14-16-24)10-9-21-30(3)4/h6-8,11-20,29H,5,9-10,21H2,1-4H3/b28-27+.